The lowest BCUT2D eigenvalue weighted by molar-refractivity contribution is -0.140. The van der Waals surface area contributed by atoms with Gasteiger partial charge in [-0.1, -0.05) is 32.0 Å². The third kappa shape index (κ3) is 6.05. The van der Waals surface area contributed by atoms with Crippen molar-refractivity contribution in [2.45, 2.75) is 34.1 Å². The molecule has 40 heavy (non-hydrogen) atoms. The highest BCUT2D eigenvalue weighted by molar-refractivity contribution is 6.19. The molecule has 3 aromatic rings. The molecule has 2 amide bonds. The lowest BCUT2D eigenvalue weighted by Gasteiger charge is -2.27. The minimum absolute atomic E-state index is 0.0391. The normalized spacial score (nSPS) is 14.8. The fraction of sp³-hybridized carbons (Fsp3) is 0.312. The van der Waals surface area contributed by atoms with E-state index in [1.807, 2.05) is 67.7 Å². The molecule has 1 aliphatic rings. The van der Waals surface area contributed by atoms with Crippen LogP contribution >= 0.6 is 0 Å². The summed E-state index contributed by atoms with van der Waals surface area (Å²) in [6.07, 6.45) is 4.06. The molecule has 0 unspecified atom stereocenters. The predicted molar refractivity (Wildman–Crippen MR) is 154 cm³/mol. The van der Waals surface area contributed by atoms with Gasteiger partial charge in [-0.3, -0.25) is 14.5 Å². The molecule has 0 radical (unpaired) electrons. The molecule has 2 heterocycles. The molecule has 1 aliphatic heterocycles. The SMILES string of the molecule is COCCCN1C(=O)C(C#N)=C(C)/C(=C\c2cn(-c3ccccc3)nc2-c2ccc(OCC(C)C)c(C)c2)C1=O. The molecule has 0 fully saturated rings. The summed E-state index contributed by atoms with van der Waals surface area (Å²) in [4.78, 5) is 27.6. The fourth-order valence-electron chi connectivity index (χ4n) is 4.50. The highest BCUT2D eigenvalue weighted by Crippen LogP contribution is 2.33. The second-order valence-corrected chi connectivity index (χ2v) is 10.2. The largest absolute Gasteiger partial charge is 0.493 e. The summed E-state index contributed by atoms with van der Waals surface area (Å²) in [6, 6.07) is 17.6. The Morgan fingerprint density at radius 2 is 1.82 bits per heavy atom. The van der Waals surface area contributed by atoms with Gasteiger partial charge >= 0.3 is 0 Å². The number of nitrogens with zero attached hydrogens (tertiary/aromatic N) is 4. The monoisotopic (exact) mass is 538 g/mol. The summed E-state index contributed by atoms with van der Waals surface area (Å²) < 4.78 is 12.8. The number of rotatable bonds is 10. The minimum Gasteiger partial charge on any atom is -0.493 e. The molecule has 0 spiro atoms. The van der Waals surface area contributed by atoms with Gasteiger partial charge < -0.3 is 9.47 Å². The van der Waals surface area contributed by atoms with E-state index >= 15 is 0 Å². The zero-order chi connectivity index (χ0) is 28.8. The van der Waals surface area contributed by atoms with Crippen molar-refractivity contribution in [3.8, 4) is 28.8 Å². The molecule has 0 saturated heterocycles. The number of methoxy groups -OCH3 is 1. The Bertz CT molecular complexity index is 1510. The van der Waals surface area contributed by atoms with Crippen LogP contribution in [0.15, 0.2) is 71.4 Å². The van der Waals surface area contributed by atoms with E-state index in [0.29, 0.717) is 42.4 Å². The summed E-state index contributed by atoms with van der Waals surface area (Å²) >= 11 is 0. The third-order valence-electron chi connectivity index (χ3n) is 6.64. The van der Waals surface area contributed by atoms with Crippen molar-refractivity contribution in [1.29, 1.82) is 5.26 Å². The van der Waals surface area contributed by atoms with Gasteiger partial charge in [0.15, 0.2) is 0 Å². The van der Waals surface area contributed by atoms with Gasteiger partial charge in [-0.2, -0.15) is 10.4 Å². The second kappa shape index (κ2) is 12.6. The molecule has 0 N–H and O–H groups in total. The van der Waals surface area contributed by atoms with E-state index in [1.165, 1.54) is 0 Å². The van der Waals surface area contributed by atoms with Crippen molar-refractivity contribution in [2.24, 2.45) is 5.92 Å². The molecular weight excluding hydrogens is 504 g/mol. The van der Waals surface area contributed by atoms with Gasteiger partial charge in [0, 0.05) is 43.2 Å². The van der Waals surface area contributed by atoms with Crippen LogP contribution in [0.3, 0.4) is 0 Å². The molecule has 0 atom stereocenters. The number of carbonyl (C=O) groups is 2. The van der Waals surface area contributed by atoms with Crippen LogP contribution in [-0.2, 0) is 14.3 Å². The van der Waals surface area contributed by atoms with Crippen molar-refractivity contribution in [3.63, 3.8) is 0 Å². The fourth-order valence-corrected chi connectivity index (χ4v) is 4.50. The first-order valence-corrected chi connectivity index (χ1v) is 13.3. The first-order valence-electron chi connectivity index (χ1n) is 13.3. The number of amides is 2. The molecule has 4 rings (SSSR count). The number of aromatic nitrogens is 2. The van der Waals surface area contributed by atoms with E-state index in [4.69, 9.17) is 14.6 Å². The predicted octanol–water partition coefficient (Wildman–Crippen LogP) is 5.51. The smallest absolute Gasteiger partial charge is 0.271 e. The molecule has 8 heteroatoms. The Hall–Kier alpha value is -4.48. The van der Waals surface area contributed by atoms with Gasteiger partial charge in [-0.25, -0.2) is 4.68 Å². The van der Waals surface area contributed by atoms with Crippen LogP contribution in [0.4, 0.5) is 0 Å². The van der Waals surface area contributed by atoms with Crippen LogP contribution in [0, 0.1) is 24.2 Å². The number of ether oxygens (including phenoxy) is 2. The maximum Gasteiger partial charge on any atom is 0.271 e. The summed E-state index contributed by atoms with van der Waals surface area (Å²) in [7, 11) is 1.56. The number of nitriles is 1. The number of aryl methyl sites for hydroxylation is 1. The number of benzene rings is 2. The summed E-state index contributed by atoms with van der Waals surface area (Å²) in [5, 5.41) is 14.7. The lowest BCUT2D eigenvalue weighted by Crippen LogP contribution is -2.43. The van der Waals surface area contributed by atoms with E-state index in [2.05, 4.69) is 13.8 Å². The maximum atomic E-state index is 13.6. The zero-order valence-corrected chi connectivity index (χ0v) is 23.6. The van der Waals surface area contributed by atoms with Gasteiger partial charge in [-0.05, 0) is 73.7 Å². The molecule has 0 aliphatic carbocycles. The average Bonchev–Trinajstić information content (AvgIpc) is 3.37. The van der Waals surface area contributed by atoms with Gasteiger partial charge in [0.1, 0.15) is 17.4 Å². The highest BCUT2D eigenvalue weighted by Gasteiger charge is 2.35. The van der Waals surface area contributed by atoms with E-state index in [9.17, 15) is 14.9 Å². The highest BCUT2D eigenvalue weighted by atomic mass is 16.5. The summed E-state index contributed by atoms with van der Waals surface area (Å²) in [5.74, 6) is 0.197. The average molecular weight is 539 g/mol. The van der Waals surface area contributed by atoms with Crippen molar-refractivity contribution in [2.75, 3.05) is 26.9 Å². The molecule has 0 bridgehead atoms. The van der Waals surface area contributed by atoms with E-state index in [1.54, 1.807) is 24.8 Å². The number of para-hydroxylation sites is 1. The standard InChI is InChI=1S/C32H34N4O4/c1-21(2)20-40-29-13-12-24(16-22(29)3)30-25(19-36(34-30)26-10-7-6-8-11-26)17-27-23(4)28(18-33)32(38)35(31(27)37)14-9-15-39-5/h6-8,10-13,16-17,19,21H,9,14-15,20H2,1-5H3/b27-17+. The van der Waals surface area contributed by atoms with Crippen molar-refractivity contribution in [1.82, 2.24) is 14.7 Å². The van der Waals surface area contributed by atoms with Gasteiger partial charge in [0.05, 0.1) is 18.0 Å². The number of hydrogen-bond donors (Lipinski definition) is 0. The van der Waals surface area contributed by atoms with E-state index < -0.39 is 11.8 Å². The molecular formula is C32H34N4O4. The van der Waals surface area contributed by atoms with Crippen LogP contribution in [0.25, 0.3) is 23.0 Å². The number of imide groups is 1. The molecule has 206 valence electrons. The lowest BCUT2D eigenvalue weighted by atomic mass is 9.93. The first-order chi connectivity index (χ1) is 19.2. The Morgan fingerprint density at radius 1 is 1.07 bits per heavy atom. The van der Waals surface area contributed by atoms with Crippen LogP contribution in [0.5, 0.6) is 5.75 Å². The summed E-state index contributed by atoms with van der Waals surface area (Å²) in [5.41, 5.74) is 4.64. The van der Waals surface area contributed by atoms with E-state index in [-0.39, 0.29) is 17.7 Å². The first kappa shape index (κ1) is 28.5. The number of hydrogen-bond acceptors (Lipinski definition) is 6. The maximum absolute atomic E-state index is 13.6. The van der Waals surface area contributed by atoms with Crippen molar-refractivity contribution < 1.29 is 19.1 Å². The molecule has 8 nitrogen and oxygen atoms in total. The van der Waals surface area contributed by atoms with Crippen LogP contribution in [-0.4, -0.2) is 53.4 Å². The van der Waals surface area contributed by atoms with Gasteiger partial charge in [0.25, 0.3) is 11.8 Å². The quantitative estimate of drug-likeness (QED) is 0.192. The molecule has 2 aromatic carbocycles. The topological polar surface area (TPSA) is 97.5 Å². The van der Waals surface area contributed by atoms with Crippen LogP contribution in [0.2, 0.25) is 0 Å². The Balaban J connectivity index is 1.83. The Kier molecular flexibility index (Phi) is 8.97. The molecule has 1 aromatic heterocycles. The van der Waals surface area contributed by atoms with Gasteiger partial charge in [-0.15, -0.1) is 0 Å². The van der Waals surface area contributed by atoms with Crippen molar-refractivity contribution >= 4 is 17.9 Å². The zero-order valence-electron chi connectivity index (χ0n) is 23.6. The third-order valence-corrected chi connectivity index (χ3v) is 6.64. The van der Waals surface area contributed by atoms with E-state index in [0.717, 1.165) is 27.5 Å². The minimum atomic E-state index is -0.578. The molecule has 0 saturated carbocycles. The van der Waals surface area contributed by atoms with Crippen LogP contribution < -0.4 is 4.74 Å². The Morgan fingerprint density at radius 3 is 2.48 bits per heavy atom. The van der Waals surface area contributed by atoms with Crippen LogP contribution in [0.1, 0.15) is 38.3 Å². The second-order valence-electron chi connectivity index (χ2n) is 10.2. The van der Waals surface area contributed by atoms with Crippen molar-refractivity contribution in [3.05, 3.63) is 82.6 Å². The number of carbonyl (C=O) groups excluding carboxylic acids is 2. The van der Waals surface area contributed by atoms with Gasteiger partial charge in [0.2, 0.25) is 0 Å². The summed E-state index contributed by atoms with van der Waals surface area (Å²) in [6.45, 7) is 9.01. The Labute approximate surface area is 235 Å².